The Morgan fingerprint density at radius 1 is 1.23 bits per heavy atom. The first-order valence-corrected chi connectivity index (χ1v) is 8.24. The van der Waals surface area contributed by atoms with Gasteiger partial charge in [0.05, 0.1) is 0 Å². The first-order valence-electron chi connectivity index (χ1n) is 4.63. The second-order valence-corrected chi connectivity index (χ2v) is 8.88. The van der Waals surface area contributed by atoms with Crippen molar-refractivity contribution < 1.29 is 4.43 Å². The van der Waals surface area contributed by atoms with Crippen molar-refractivity contribution in [1.29, 1.82) is 0 Å². The molecule has 0 atom stereocenters. The van der Waals surface area contributed by atoms with E-state index in [1.54, 1.807) is 0 Å². The van der Waals surface area contributed by atoms with E-state index in [9.17, 15) is 0 Å². The van der Waals surface area contributed by atoms with Crippen molar-refractivity contribution in [1.82, 2.24) is 0 Å². The molecule has 1 aromatic rings. The van der Waals surface area contributed by atoms with Crippen molar-refractivity contribution >= 4 is 24.2 Å². The lowest BCUT2D eigenvalue weighted by Gasteiger charge is -2.35. The molecule has 0 unspecified atom stereocenters. The molecule has 0 aliphatic carbocycles. The summed E-state index contributed by atoms with van der Waals surface area (Å²) >= 11 is 3.41. The Kier molecular flexibility index (Phi) is 2.47. The SMILES string of the molecule is C[Si]1(Oc2ccc(Br)cc2)CCC1. The molecule has 0 spiro atoms. The van der Waals surface area contributed by atoms with Gasteiger partial charge in [0.25, 0.3) is 0 Å². The summed E-state index contributed by atoms with van der Waals surface area (Å²) in [5.74, 6) is 1.04. The van der Waals surface area contributed by atoms with Gasteiger partial charge in [0.2, 0.25) is 8.32 Å². The molecule has 1 aliphatic rings. The second kappa shape index (κ2) is 3.46. The molecule has 3 heteroatoms. The van der Waals surface area contributed by atoms with Crippen LogP contribution in [0.5, 0.6) is 5.75 Å². The fraction of sp³-hybridized carbons (Fsp3) is 0.400. The van der Waals surface area contributed by atoms with Crippen LogP contribution in [0.15, 0.2) is 28.7 Å². The van der Waals surface area contributed by atoms with Crippen LogP contribution in [0.1, 0.15) is 6.42 Å². The molecule has 70 valence electrons. The third-order valence-electron chi connectivity index (χ3n) is 2.59. The second-order valence-electron chi connectivity index (χ2n) is 3.86. The van der Waals surface area contributed by atoms with Gasteiger partial charge in [0.15, 0.2) is 0 Å². The summed E-state index contributed by atoms with van der Waals surface area (Å²) in [7, 11) is -1.27. The number of rotatable bonds is 2. The Morgan fingerprint density at radius 2 is 1.85 bits per heavy atom. The van der Waals surface area contributed by atoms with Gasteiger partial charge in [-0.05, 0) is 42.9 Å². The lowest BCUT2D eigenvalue weighted by atomic mass is 10.3. The molecule has 0 amide bonds. The highest BCUT2D eigenvalue weighted by atomic mass is 79.9. The topological polar surface area (TPSA) is 9.23 Å². The minimum absolute atomic E-state index is 1.04. The molecule has 0 N–H and O–H groups in total. The van der Waals surface area contributed by atoms with Gasteiger partial charge in [-0.2, -0.15) is 0 Å². The highest BCUT2D eigenvalue weighted by Gasteiger charge is 2.38. The minimum atomic E-state index is -1.27. The van der Waals surface area contributed by atoms with Crippen LogP contribution in [-0.2, 0) is 0 Å². The van der Waals surface area contributed by atoms with Gasteiger partial charge in [-0.3, -0.25) is 0 Å². The first-order chi connectivity index (χ1) is 6.18. The molecule has 1 saturated heterocycles. The maximum Gasteiger partial charge on any atom is 0.248 e. The summed E-state index contributed by atoms with van der Waals surface area (Å²) in [6.45, 7) is 2.32. The number of hydrogen-bond acceptors (Lipinski definition) is 1. The molecule has 0 saturated carbocycles. The number of benzene rings is 1. The van der Waals surface area contributed by atoms with Crippen molar-refractivity contribution in [2.24, 2.45) is 0 Å². The van der Waals surface area contributed by atoms with Crippen LogP contribution in [0.4, 0.5) is 0 Å². The average Bonchev–Trinajstić information content (AvgIpc) is 2.06. The summed E-state index contributed by atoms with van der Waals surface area (Å²) in [5, 5.41) is 0. The normalized spacial score (nSPS) is 19.2. The minimum Gasteiger partial charge on any atom is -0.544 e. The third kappa shape index (κ3) is 2.14. The van der Waals surface area contributed by atoms with Gasteiger partial charge < -0.3 is 4.43 Å². The van der Waals surface area contributed by atoms with Gasteiger partial charge in [0.1, 0.15) is 5.75 Å². The third-order valence-corrected chi connectivity index (χ3v) is 6.67. The standard InChI is InChI=1S/C10H13BrOSi/c1-13(7-2-8-13)12-10-5-3-9(11)4-6-10/h3-6H,2,7-8H2,1H3. The van der Waals surface area contributed by atoms with E-state index in [0.717, 1.165) is 10.2 Å². The molecule has 2 rings (SSSR count). The van der Waals surface area contributed by atoms with E-state index in [-0.39, 0.29) is 0 Å². The largest absolute Gasteiger partial charge is 0.544 e. The quantitative estimate of drug-likeness (QED) is 0.732. The number of hydrogen-bond donors (Lipinski definition) is 0. The van der Waals surface area contributed by atoms with Crippen LogP contribution in [0.3, 0.4) is 0 Å². The maximum atomic E-state index is 6.01. The van der Waals surface area contributed by atoms with E-state index >= 15 is 0 Å². The van der Waals surface area contributed by atoms with E-state index in [0.29, 0.717) is 0 Å². The first kappa shape index (κ1) is 9.28. The van der Waals surface area contributed by atoms with Crippen LogP contribution < -0.4 is 4.43 Å². The Labute approximate surface area is 88.4 Å². The molecular weight excluding hydrogens is 244 g/mol. The van der Waals surface area contributed by atoms with E-state index in [2.05, 4.69) is 22.5 Å². The highest BCUT2D eigenvalue weighted by molar-refractivity contribution is 9.10. The fourth-order valence-corrected chi connectivity index (χ4v) is 4.09. The maximum absolute atomic E-state index is 6.01. The lowest BCUT2D eigenvalue weighted by Crippen LogP contribution is -2.44. The Balaban J connectivity index is 2.05. The predicted molar refractivity (Wildman–Crippen MR) is 60.6 cm³/mol. The van der Waals surface area contributed by atoms with Gasteiger partial charge in [0, 0.05) is 4.47 Å². The molecule has 1 nitrogen and oxygen atoms in total. The molecule has 1 aliphatic heterocycles. The molecule has 0 radical (unpaired) electrons. The molecule has 1 aromatic carbocycles. The highest BCUT2D eigenvalue weighted by Crippen LogP contribution is 2.34. The molecule has 1 heterocycles. The number of halogens is 1. The lowest BCUT2D eigenvalue weighted by molar-refractivity contribution is 0.507. The van der Waals surface area contributed by atoms with Gasteiger partial charge in [-0.1, -0.05) is 22.4 Å². The Morgan fingerprint density at radius 3 is 2.31 bits per heavy atom. The molecule has 0 aromatic heterocycles. The molecule has 0 bridgehead atoms. The van der Waals surface area contributed by atoms with E-state index in [4.69, 9.17) is 4.43 Å². The fourth-order valence-electron chi connectivity index (χ4n) is 1.56. The van der Waals surface area contributed by atoms with Crippen molar-refractivity contribution in [3.8, 4) is 5.75 Å². The predicted octanol–water partition coefficient (Wildman–Crippen LogP) is 3.81. The van der Waals surface area contributed by atoms with Crippen LogP contribution in [0.2, 0.25) is 18.6 Å². The van der Waals surface area contributed by atoms with Crippen molar-refractivity contribution in [2.45, 2.75) is 25.1 Å². The zero-order chi connectivity index (χ0) is 9.31. The van der Waals surface area contributed by atoms with Crippen LogP contribution in [0, 0.1) is 0 Å². The van der Waals surface area contributed by atoms with E-state index in [1.165, 1.54) is 18.5 Å². The monoisotopic (exact) mass is 256 g/mol. The summed E-state index contributed by atoms with van der Waals surface area (Å²) in [6.07, 6.45) is 1.36. The van der Waals surface area contributed by atoms with Crippen molar-refractivity contribution in [2.75, 3.05) is 0 Å². The van der Waals surface area contributed by atoms with E-state index < -0.39 is 8.32 Å². The van der Waals surface area contributed by atoms with Crippen molar-refractivity contribution in [3.05, 3.63) is 28.7 Å². The summed E-state index contributed by atoms with van der Waals surface area (Å²) in [4.78, 5) is 0. The summed E-state index contributed by atoms with van der Waals surface area (Å²) < 4.78 is 7.12. The molecule has 1 fully saturated rings. The van der Waals surface area contributed by atoms with E-state index in [1.807, 2.05) is 24.3 Å². The van der Waals surface area contributed by atoms with Gasteiger partial charge in [-0.15, -0.1) is 0 Å². The summed E-state index contributed by atoms with van der Waals surface area (Å²) in [5.41, 5.74) is 0. The Bertz CT molecular complexity index is 292. The van der Waals surface area contributed by atoms with Crippen LogP contribution in [0.25, 0.3) is 0 Å². The average molecular weight is 257 g/mol. The smallest absolute Gasteiger partial charge is 0.248 e. The van der Waals surface area contributed by atoms with Crippen LogP contribution >= 0.6 is 15.9 Å². The van der Waals surface area contributed by atoms with Gasteiger partial charge in [-0.25, -0.2) is 0 Å². The Hall–Kier alpha value is -0.283. The zero-order valence-electron chi connectivity index (χ0n) is 7.72. The summed E-state index contributed by atoms with van der Waals surface area (Å²) in [6, 6.07) is 10.8. The zero-order valence-corrected chi connectivity index (χ0v) is 10.3. The van der Waals surface area contributed by atoms with Crippen LogP contribution in [-0.4, -0.2) is 8.32 Å². The van der Waals surface area contributed by atoms with Crippen molar-refractivity contribution in [3.63, 3.8) is 0 Å². The molecular formula is C10H13BrOSi. The molecule has 13 heavy (non-hydrogen) atoms. The van der Waals surface area contributed by atoms with Gasteiger partial charge >= 0.3 is 0 Å².